The number of aromatic nitrogens is 3. The smallest absolute Gasteiger partial charge is 0.211 e. The van der Waals surface area contributed by atoms with E-state index in [0.29, 0.717) is 0 Å². The highest BCUT2D eigenvalue weighted by molar-refractivity contribution is 7.15. The maximum Gasteiger partial charge on any atom is 0.211 e. The molecule has 2 aromatic heterocycles. The number of pyridine rings is 1. The molecule has 1 aliphatic rings. The van der Waals surface area contributed by atoms with Gasteiger partial charge in [0.15, 0.2) is 0 Å². The molecule has 2 N–H and O–H groups in total. The molecule has 0 amide bonds. The Hall–Kier alpha value is -1.73. The number of aryl methyl sites for hydroxylation is 1. The molecule has 0 aromatic carbocycles. The van der Waals surface area contributed by atoms with Gasteiger partial charge >= 0.3 is 0 Å². The molecular weight excluding hydrogens is 260 g/mol. The van der Waals surface area contributed by atoms with Crippen molar-refractivity contribution in [1.82, 2.24) is 20.5 Å². The van der Waals surface area contributed by atoms with E-state index in [-0.39, 0.29) is 0 Å². The molecule has 7 heteroatoms. The maximum atomic E-state index is 4.63. The molecule has 3 heterocycles. The van der Waals surface area contributed by atoms with Gasteiger partial charge in [-0.3, -0.25) is 0 Å². The van der Waals surface area contributed by atoms with Gasteiger partial charge in [0.1, 0.15) is 16.6 Å². The lowest BCUT2D eigenvalue weighted by Gasteiger charge is -2.28. The minimum Gasteiger partial charge on any atom is -0.354 e. The van der Waals surface area contributed by atoms with Gasteiger partial charge in [-0.05, 0) is 19.1 Å². The second kappa shape index (κ2) is 5.50. The molecule has 19 heavy (non-hydrogen) atoms. The zero-order valence-corrected chi connectivity index (χ0v) is 11.6. The third kappa shape index (κ3) is 2.99. The van der Waals surface area contributed by atoms with Gasteiger partial charge in [0.25, 0.3) is 0 Å². The highest BCUT2D eigenvalue weighted by Crippen LogP contribution is 2.21. The molecule has 100 valence electrons. The Kier molecular flexibility index (Phi) is 3.56. The zero-order valence-electron chi connectivity index (χ0n) is 10.8. The molecule has 0 unspecified atom stereocenters. The van der Waals surface area contributed by atoms with E-state index in [1.165, 1.54) is 11.3 Å². The minimum atomic E-state index is 0.780. The van der Waals surface area contributed by atoms with E-state index in [2.05, 4.69) is 30.7 Å². The quantitative estimate of drug-likeness (QED) is 0.883. The summed E-state index contributed by atoms with van der Waals surface area (Å²) in [5.41, 5.74) is 0. The van der Waals surface area contributed by atoms with Crippen LogP contribution in [0.5, 0.6) is 0 Å². The van der Waals surface area contributed by atoms with Gasteiger partial charge in [-0.25, -0.2) is 4.98 Å². The van der Waals surface area contributed by atoms with Gasteiger partial charge in [-0.2, -0.15) is 0 Å². The van der Waals surface area contributed by atoms with Crippen molar-refractivity contribution in [2.24, 2.45) is 0 Å². The van der Waals surface area contributed by atoms with Crippen LogP contribution in [-0.2, 0) is 0 Å². The molecular formula is C12H16N6S. The second-order valence-corrected chi connectivity index (χ2v) is 5.55. The van der Waals surface area contributed by atoms with Gasteiger partial charge in [0, 0.05) is 26.2 Å². The molecule has 0 saturated carbocycles. The van der Waals surface area contributed by atoms with Crippen LogP contribution in [0, 0.1) is 6.92 Å². The topological polar surface area (TPSA) is 66.0 Å². The van der Waals surface area contributed by atoms with Crippen molar-refractivity contribution in [3.8, 4) is 0 Å². The Morgan fingerprint density at radius 1 is 1.26 bits per heavy atom. The Labute approximate surface area is 115 Å². The van der Waals surface area contributed by atoms with Crippen molar-refractivity contribution in [3.63, 3.8) is 0 Å². The fraction of sp³-hybridized carbons (Fsp3) is 0.417. The lowest BCUT2D eigenvalue weighted by Crippen LogP contribution is -2.43. The number of rotatable bonds is 3. The molecule has 0 atom stereocenters. The van der Waals surface area contributed by atoms with Crippen molar-refractivity contribution in [2.75, 3.05) is 36.4 Å². The number of anilines is 3. The van der Waals surface area contributed by atoms with E-state index in [9.17, 15) is 0 Å². The Morgan fingerprint density at radius 2 is 2.11 bits per heavy atom. The predicted octanol–water partition coefficient (Wildman–Crippen LogP) is 1.39. The normalized spacial score (nSPS) is 15.5. The van der Waals surface area contributed by atoms with Gasteiger partial charge in [0.05, 0.1) is 0 Å². The Bertz CT molecular complexity index is 549. The first-order valence-electron chi connectivity index (χ1n) is 6.31. The van der Waals surface area contributed by atoms with E-state index in [1.54, 1.807) is 0 Å². The monoisotopic (exact) mass is 276 g/mol. The predicted molar refractivity (Wildman–Crippen MR) is 77.2 cm³/mol. The van der Waals surface area contributed by atoms with E-state index in [1.807, 2.05) is 25.1 Å². The van der Waals surface area contributed by atoms with Crippen LogP contribution in [-0.4, -0.2) is 41.4 Å². The third-order valence-electron chi connectivity index (χ3n) is 2.94. The summed E-state index contributed by atoms with van der Waals surface area (Å²) in [6.45, 7) is 5.94. The van der Waals surface area contributed by atoms with Crippen LogP contribution < -0.4 is 15.5 Å². The van der Waals surface area contributed by atoms with Gasteiger partial charge in [0.2, 0.25) is 5.13 Å². The largest absolute Gasteiger partial charge is 0.354 e. The molecule has 2 aromatic rings. The van der Waals surface area contributed by atoms with Crippen molar-refractivity contribution >= 4 is 28.1 Å². The summed E-state index contributed by atoms with van der Waals surface area (Å²) in [7, 11) is 0. The van der Waals surface area contributed by atoms with E-state index in [0.717, 1.165) is 48.0 Å². The van der Waals surface area contributed by atoms with Crippen molar-refractivity contribution in [1.29, 1.82) is 0 Å². The lowest BCUT2D eigenvalue weighted by molar-refractivity contribution is 0.585. The van der Waals surface area contributed by atoms with Crippen LogP contribution in [0.15, 0.2) is 18.2 Å². The summed E-state index contributed by atoms with van der Waals surface area (Å²) >= 11 is 1.53. The summed E-state index contributed by atoms with van der Waals surface area (Å²) in [5.74, 6) is 1.82. The maximum absolute atomic E-state index is 4.63. The average molecular weight is 276 g/mol. The molecule has 0 spiro atoms. The van der Waals surface area contributed by atoms with E-state index in [4.69, 9.17) is 0 Å². The van der Waals surface area contributed by atoms with Gasteiger partial charge in [-0.15, -0.1) is 10.2 Å². The fourth-order valence-corrected chi connectivity index (χ4v) is 2.62. The van der Waals surface area contributed by atoms with E-state index >= 15 is 0 Å². The van der Waals surface area contributed by atoms with Crippen molar-refractivity contribution < 1.29 is 0 Å². The number of piperazine rings is 1. The molecule has 6 nitrogen and oxygen atoms in total. The minimum absolute atomic E-state index is 0.780. The summed E-state index contributed by atoms with van der Waals surface area (Å²) in [5, 5.41) is 16.3. The fourth-order valence-electron chi connectivity index (χ4n) is 2.02. The van der Waals surface area contributed by atoms with Gasteiger partial charge < -0.3 is 15.5 Å². The second-order valence-electron chi connectivity index (χ2n) is 4.37. The summed E-state index contributed by atoms with van der Waals surface area (Å²) < 4.78 is 0. The first-order valence-corrected chi connectivity index (χ1v) is 7.13. The third-order valence-corrected chi connectivity index (χ3v) is 3.69. The molecule has 3 rings (SSSR count). The molecule has 0 radical (unpaired) electrons. The lowest BCUT2D eigenvalue weighted by atomic mass is 10.3. The summed E-state index contributed by atoms with van der Waals surface area (Å²) in [4.78, 5) is 6.91. The highest BCUT2D eigenvalue weighted by Gasteiger charge is 2.12. The molecule has 1 saturated heterocycles. The highest BCUT2D eigenvalue weighted by atomic mass is 32.1. The number of nitrogens with one attached hydrogen (secondary N) is 2. The number of nitrogens with zero attached hydrogens (tertiary/aromatic N) is 4. The van der Waals surface area contributed by atoms with Gasteiger partial charge in [-0.1, -0.05) is 17.4 Å². The number of hydrogen-bond acceptors (Lipinski definition) is 7. The molecule has 1 fully saturated rings. The van der Waals surface area contributed by atoms with Crippen LogP contribution >= 0.6 is 11.3 Å². The summed E-state index contributed by atoms with van der Waals surface area (Å²) in [6.07, 6.45) is 0. The number of hydrogen-bond donors (Lipinski definition) is 2. The SMILES string of the molecule is Cc1nnc(Nc2cccc(N3CCNCC3)n2)s1. The first kappa shape index (κ1) is 12.3. The van der Waals surface area contributed by atoms with Crippen molar-refractivity contribution in [2.45, 2.75) is 6.92 Å². The standard InChI is InChI=1S/C12H16N6S/c1-9-16-17-12(19-9)15-10-3-2-4-11(14-10)18-7-5-13-6-8-18/h2-4,13H,5-8H2,1H3,(H,14,15,17). The van der Waals surface area contributed by atoms with Crippen LogP contribution in [0.4, 0.5) is 16.8 Å². The molecule has 0 bridgehead atoms. The van der Waals surface area contributed by atoms with Crippen LogP contribution in [0.25, 0.3) is 0 Å². The Morgan fingerprint density at radius 3 is 2.84 bits per heavy atom. The first-order chi connectivity index (χ1) is 9.31. The molecule has 1 aliphatic heterocycles. The van der Waals surface area contributed by atoms with Crippen LogP contribution in [0.3, 0.4) is 0 Å². The summed E-state index contributed by atoms with van der Waals surface area (Å²) in [6, 6.07) is 6.00. The zero-order chi connectivity index (χ0) is 13.1. The Balaban J connectivity index is 1.75. The van der Waals surface area contributed by atoms with Crippen molar-refractivity contribution in [3.05, 3.63) is 23.2 Å². The molecule has 0 aliphatic carbocycles. The average Bonchev–Trinajstić information content (AvgIpc) is 2.85. The van der Waals surface area contributed by atoms with Crippen LogP contribution in [0.2, 0.25) is 0 Å². The van der Waals surface area contributed by atoms with E-state index < -0.39 is 0 Å². The van der Waals surface area contributed by atoms with Crippen LogP contribution in [0.1, 0.15) is 5.01 Å².